The van der Waals surface area contributed by atoms with Crippen molar-refractivity contribution in [2.45, 2.75) is 63.1 Å². The van der Waals surface area contributed by atoms with Crippen LogP contribution in [0.25, 0.3) is 33.4 Å². The second-order valence-corrected chi connectivity index (χ2v) is 20.2. The Morgan fingerprint density at radius 2 is 0.825 bits per heavy atom. The van der Waals surface area contributed by atoms with E-state index in [4.69, 9.17) is 32.7 Å². The monoisotopic (exact) mass is 1100 g/mol. The summed E-state index contributed by atoms with van der Waals surface area (Å²) in [6.07, 6.45) is 3.43. The summed E-state index contributed by atoms with van der Waals surface area (Å²) in [4.78, 5) is 63.3. The number of benzene rings is 8. The zero-order valence-corrected chi connectivity index (χ0v) is 44.7. The molecule has 11 rings (SSSR count). The summed E-state index contributed by atoms with van der Waals surface area (Å²) >= 11 is 12.9. The van der Waals surface area contributed by atoms with Crippen LogP contribution in [-0.2, 0) is 22.8 Å². The molecule has 2 N–H and O–H groups in total. The number of carbonyl (C=O) groups excluding carboxylic acids is 2. The Hall–Kier alpha value is -9.10. The fraction of sp³-hybridized carbons (Fsp3) is 0.152. The van der Waals surface area contributed by atoms with Gasteiger partial charge in [0.15, 0.2) is 0 Å². The van der Waals surface area contributed by atoms with E-state index in [1.807, 2.05) is 127 Å². The summed E-state index contributed by atoms with van der Waals surface area (Å²) in [5.74, 6) is -2.38. The van der Waals surface area contributed by atoms with Crippen LogP contribution in [0.4, 0.5) is 0 Å². The summed E-state index contributed by atoms with van der Waals surface area (Å²) in [5, 5.41) is 20.8. The fourth-order valence-corrected chi connectivity index (χ4v) is 10.9. The van der Waals surface area contributed by atoms with Crippen molar-refractivity contribution in [3.63, 3.8) is 0 Å². The Labute approximate surface area is 473 Å². The Kier molecular flexibility index (Phi) is 17.0. The van der Waals surface area contributed by atoms with Gasteiger partial charge >= 0.3 is 17.9 Å². The Balaban J connectivity index is 0.000000186. The molecule has 0 saturated carbocycles. The van der Waals surface area contributed by atoms with E-state index in [-0.39, 0.29) is 30.5 Å². The van der Waals surface area contributed by atoms with Gasteiger partial charge in [-0.1, -0.05) is 199 Å². The quantitative estimate of drug-likeness (QED) is 0.101. The molecule has 0 unspecified atom stereocenters. The first-order valence-electron chi connectivity index (χ1n) is 26.2. The van der Waals surface area contributed by atoms with E-state index >= 15 is 0 Å². The molecule has 400 valence electrons. The van der Waals surface area contributed by atoms with E-state index in [1.165, 1.54) is 9.80 Å². The van der Waals surface area contributed by atoms with Crippen LogP contribution in [0.1, 0.15) is 80.7 Å². The van der Waals surface area contributed by atoms with Gasteiger partial charge in [-0.05, 0) is 112 Å². The van der Waals surface area contributed by atoms with Gasteiger partial charge < -0.3 is 29.5 Å². The van der Waals surface area contributed by atoms with E-state index < -0.39 is 30.1 Å². The number of aromatic nitrogens is 2. The van der Waals surface area contributed by atoms with Crippen LogP contribution in [0.5, 0.6) is 11.9 Å². The first-order valence-corrected chi connectivity index (χ1v) is 26.9. The van der Waals surface area contributed by atoms with Crippen molar-refractivity contribution in [2.75, 3.05) is 0 Å². The minimum absolute atomic E-state index is 0.178. The Bertz CT molecular complexity index is 3610. The number of carbonyl (C=O) groups is 4. The van der Waals surface area contributed by atoms with Crippen molar-refractivity contribution in [1.82, 2.24) is 19.8 Å². The first-order chi connectivity index (χ1) is 39.0. The molecule has 4 atom stereocenters. The van der Waals surface area contributed by atoms with Crippen LogP contribution < -0.4 is 9.47 Å². The molecule has 12 nitrogen and oxygen atoms in total. The maximum atomic E-state index is 13.8. The van der Waals surface area contributed by atoms with Crippen LogP contribution in [0, 0.1) is 0 Å². The first kappa shape index (κ1) is 54.3. The minimum atomic E-state index is -1.04. The number of hydrogen-bond acceptors (Lipinski definition) is 8. The lowest BCUT2D eigenvalue weighted by molar-refractivity contribution is -0.142. The lowest BCUT2D eigenvalue weighted by Crippen LogP contribution is -2.41. The van der Waals surface area contributed by atoms with Gasteiger partial charge in [0.1, 0.15) is 25.3 Å². The van der Waals surface area contributed by atoms with Crippen LogP contribution in [0.15, 0.2) is 219 Å². The van der Waals surface area contributed by atoms with Gasteiger partial charge in [-0.15, -0.1) is 0 Å². The maximum Gasteiger partial charge on any atom is 0.326 e. The molecule has 2 aliphatic rings. The van der Waals surface area contributed by atoms with Gasteiger partial charge in [0, 0.05) is 27.4 Å². The lowest BCUT2D eigenvalue weighted by Gasteiger charge is -2.29. The molecule has 1 aromatic heterocycles. The van der Waals surface area contributed by atoms with Gasteiger partial charge in [0.2, 0.25) is 5.88 Å². The number of carboxylic acids is 2. The summed E-state index contributed by atoms with van der Waals surface area (Å²) in [5.41, 5.74) is 9.96. The third-order valence-corrected chi connectivity index (χ3v) is 15.1. The highest BCUT2D eigenvalue weighted by Gasteiger charge is 2.44. The molecule has 0 bridgehead atoms. The normalized spacial score (nSPS) is 16.5. The molecule has 0 aliphatic carbocycles. The molecule has 80 heavy (non-hydrogen) atoms. The third-order valence-electron chi connectivity index (χ3n) is 14.4. The highest BCUT2D eigenvalue weighted by molar-refractivity contribution is 6.31. The second-order valence-electron chi connectivity index (χ2n) is 19.4. The smallest absolute Gasteiger partial charge is 0.326 e. The summed E-state index contributed by atoms with van der Waals surface area (Å²) in [6.45, 7) is 0.590. The summed E-state index contributed by atoms with van der Waals surface area (Å²) < 4.78 is 12.0. The Morgan fingerprint density at radius 1 is 0.450 bits per heavy atom. The molecule has 0 spiro atoms. The molecule has 2 saturated heterocycles. The molecule has 14 heteroatoms. The average Bonchev–Trinajstić information content (AvgIpc) is 4.17. The molecule has 2 amide bonds. The molecule has 9 aromatic rings. The predicted molar refractivity (Wildman–Crippen MR) is 308 cm³/mol. The molecule has 2 fully saturated rings. The zero-order chi connectivity index (χ0) is 55.5. The van der Waals surface area contributed by atoms with E-state index in [1.54, 1.807) is 54.7 Å². The zero-order valence-electron chi connectivity index (χ0n) is 43.2. The molecular formula is C66H54Cl2N4O8. The summed E-state index contributed by atoms with van der Waals surface area (Å²) in [6, 6.07) is 64.3. The average molecular weight is 1100 g/mol. The molecule has 8 aromatic carbocycles. The fourth-order valence-electron chi connectivity index (χ4n) is 10.3. The van der Waals surface area contributed by atoms with Crippen LogP contribution >= 0.6 is 23.2 Å². The van der Waals surface area contributed by atoms with E-state index in [9.17, 15) is 29.4 Å². The number of nitrogens with zero attached hydrogens (tertiary/aromatic N) is 4. The van der Waals surface area contributed by atoms with E-state index in [0.29, 0.717) is 64.9 Å². The van der Waals surface area contributed by atoms with Gasteiger partial charge in [0.25, 0.3) is 11.8 Å². The topological polar surface area (TPSA) is 159 Å². The largest absolute Gasteiger partial charge is 0.480 e. The van der Waals surface area contributed by atoms with E-state index in [0.717, 1.165) is 50.1 Å². The van der Waals surface area contributed by atoms with Crippen molar-refractivity contribution in [1.29, 1.82) is 0 Å². The minimum Gasteiger partial charge on any atom is -0.480 e. The number of halogens is 2. The van der Waals surface area contributed by atoms with Crippen molar-refractivity contribution in [2.24, 2.45) is 0 Å². The Morgan fingerprint density at radius 3 is 1.26 bits per heavy atom. The van der Waals surface area contributed by atoms with Crippen LogP contribution in [-0.4, -0.2) is 65.8 Å². The molecule has 2 aliphatic heterocycles. The van der Waals surface area contributed by atoms with Gasteiger partial charge in [-0.3, -0.25) is 9.59 Å². The maximum absolute atomic E-state index is 13.8. The van der Waals surface area contributed by atoms with Crippen molar-refractivity contribution < 1.29 is 38.9 Å². The molecule has 3 heterocycles. The van der Waals surface area contributed by atoms with Crippen LogP contribution in [0.3, 0.4) is 0 Å². The highest BCUT2D eigenvalue weighted by Crippen LogP contribution is 2.42. The van der Waals surface area contributed by atoms with E-state index in [2.05, 4.69) is 46.4 Å². The van der Waals surface area contributed by atoms with Gasteiger partial charge in [0.05, 0.1) is 17.6 Å². The van der Waals surface area contributed by atoms with Gasteiger partial charge in [-0.25, -0.2) is 14.6 Å². The predicted octanol–water partition coefficient (Wildman–Crippen LogP) is 14.5. The molecule has 0 radical (unpaired) electrons. The number of hydrogen-bond donors (Lipinski definition) is 2. The van der Waals surface area contributed by atoms with Gasteiger partial charge in [-0.2, -0.15) is 4.98 Å². The standard InChI is InChI=1S/C36H30ClN3O5.C30H24ClNO3/c37-30-14-8-7-13-28(30)31-19-20-32(35(42)43)40(31)34(41)27-17-15-26(16-18-27)29-21-38-36(45-23-25-11-5-2-6-12-25)39-33(29)44-22-24-9-3-1-4-10-24;31-26-9-5-4-8-25(26)27-18-19-28(30(34)35)32(27)29(33)24-16-14-23(15-17-24)22-12-10-21(11-13-22)20-6-2-1-3-7-20/h1-18,21,31-32H,19-20,22-23H2,(H,42,43);1-17,27-28H,18-19H2,(H,34,35)/t31-,32+;27-,28+/m11/s1. The van der Waals surface area contributed by atoms with Crippen molar-refractivity contribution >= 4 is 47.0 Å². The van der Waals surface area contributed by atoms with Crippen molar-refractivity contribution in [3.8, 4) is 45.3 Å². The number of amides is 2. The SMILES string of the molecule is O=C(O)[C@@H]1CC[C@H](c2ccccc2Cl)N1C(=O)c1ccc(-c2ccc(-c3ccccc3)cc2)cc1.O=C(O)[C@@H]1CC[C@H](c2ccccc2Cl)N1C(=O)c1ccc(-c2cnc(OCc3ccccc3)nc2OCc2ccccc2)cc1. The third kappa shape index (κ3) is 12.4. The highest BCUT2D eigenvalue weighted by atomic mass is 35.5. The summed E-state index contributed by atoms with van der Waals surface area (Å²) in [7, 11) is 0. The molecular weight excluding hydrogens is 1050 g/mol. The number of aliphatic carboxylic acids is 2. The van der Waals surface area contributed by atoms with Crippen molar-refractivity contribution in [3.05, 3.63) is 262 Å². The number of ether oxygens (including phenoxy) is 2. The van der Waals surface area contributed by atoms with Crippen LogP contribution in [0.2, 0.25) is 10.0 Å². The number of carboxylic acid groups (broad SMARTS) is 2. The number of likely N-dealkylation sites (tertiary alicyclic amines) is 2. The lowest BCUT2D eigenvalue weighted by atomic mass is 9.99. The second kappa shape index (κ2) is 25.1. The number of rotatable bonds is 15.